The Morgan fingerprint density at radius 2 is 1.57 bits per heavy atom. The van der Waals surface area contributed by atoms with Crippen LogP contribution in [0.3, 0.4) is 0 Å². The van der Waals surface area contributed by atoms with Crippen molar-refractivity contribution in [1.29, 1.82) is 0 Å². The number of methoxy groups -OCH3 is 1. The molecule has 1 unspecified atom stereocenters. The van der Waals surface area contributed by atoms with Crippen LogP contribution < -0.4 is 15.2 Å². The summed E-state index contributed by atoms with van der Waals surface area (Å²) in [6, 6.07) is 30.8. The van der Waals surface area contributed by atoms with E-state index >= 15 is 0 Å². The molecule has 37 heavy (non-hydrogen) atoms. The van der Waals surface area contributed by atoms with Crippen molar-refractivity contribution in [3.63, 3.8) is 0 Å². The number of carbonyl (C=O) groups excluding carboxylic acids is 1. The Balaban J connectivity index is 1.48. The lowest BCUT2D eigenvalue weighted by molar-refractivity contribution is -0.133. The van der Waals surface area contributed by atoms with E-state index in [4.69, 9.17) is 15.2 Å². The van der Waals surface area contributed by atoms with E-state index in [0.29, 0.717) is 44.0 Å². The van der Waals surface area contributed by atoms with Gasteiger partial charge in [0.2, 0.25) is 5.91 Å². The number of carbonyl (C=O) groups is 1. The fourth-order valence-electron chi connectivity index (χ4n) is 4.14. The van der Waals surface area contributed by atoms with Crippen LogP contribution in [0, 0.1) is 0 Å². The van der Waals surface area contributed by atoms with Gasteiger partial charge in [0, 0.05) is 31.4 Å². The zero-order chi connectivity index (χ0) is 25.9. The third-order valence-electron chi connectivity index (χ3n) is 6.13. The normalized spacial score (nSPS) is 11.5. The molecule has 2 N–H and O–H groups in total. The minimum absolute atomic E-state index is 0.0943. The van der Waals surface area contributed by atoms with E-state index in [1.54, 1.807) is 13.3 Å². The van der Waals surface area contributed by atoms with Crippen molar-refractivity contribution in [2.45, 2.75) is 32.0 Å². The largest absolute Gasteiger partial charge is 0.493 e. The highest BCUT2D eigenvalue weighted by atomic mass is 16.5. The van der Waals surface area contributed by atoms with Gasteiger partial charge in [0.15, 0.2) is 11.5 Å². The first-order chi connectivity index (χ1) is 18.1. The Labute approximate surface area is 218 Å². The molecule has 190 valence electrons. The fourth-order valence-corrected chi connectivity index (χ4v) is 4.14. The second-order valence-corrected chi connectivity index (χ2v) is 8.89. The van der Waals surface area contributed by atoms with E-state index in [1.165, 1.54) is 0 Å². The van der Waals surface area contributed by atoms with E-state index in [9.17, 15) is 4.79 Å². The minimum atomic E-state index is -0.637. The molecular weight excluding hydrogens is 462 g/mol. The lowest BCUT2D eigenvalue weighted by atomic mass is 10.0. The maximum absolute atomic E-state index is 13.5. The molecule has 0 saturated heterocycles. The smallest absolute Gasteiger partial charge is 0.240 e. The fraction of sp³-hybridized carbons (Fsp3) is 0.226. The van der Waals surface area contributed by atoms with Crippen LogP contribution in [0.5, 0.6) is 11.5 Å². The number of amides is 1. The first-order valence-electron chi connectivity index (χ1n) is 12.4. The van der Waals surface area contributed by atoms with Crippen molar-refractivity contribution in [2.24, 2.45) is 5.73 Å². The summed E-state index contributed by atoms with van der Waals surface area (Å²) >= 11 is 0. The van der Waals surface area contributed by atoms with Gasteiger partial charge in [0.05, 0.1) is 13.2 Å². The molecule has 0 aliphatic carbocycles. The molecule has 4 rings (SSSR count). The molecule has 1 aromatic heterocycles. The number of aromatic nitrogens is 1. The standard InChI is InChI=1S/C31H33N3O3/c1-36-30-21-26(15-16-29(30)37-23-25-12-6-3-7-13-25)22-34(19-17-27-14-8-9-18-33-27)31(35)28(32)20-24-10-4-2-5-11-24/h2-16,18,21,28H,17,19-20,22-23,32H2,1H3. The number of hydrogen-bond acceptors (Lipinski definition) is 5. The molecular formula is C31H33N3O3. The molecule has 0 aliphatic rings. The molecule has 1 atom stereocenters. The van der Waals surface area contributed by atoms with Crippen LogP contribution in [-0.2, 0) is 30.8 Å². The van der Waals surface area contributed by atoms with Crippen LogP contribution >= 0.6 is 0 Å². The Morgan fingerprint density at radius 1 is 0.865 bits per heavy atom. The lowest BCUT2D eigenvalue weighted by Crippen LogP contribution is -2.45. The maximum Gasteiger partial charge on any atom is 0.240 e. The number of hydrogen-bond donors (Lipinski definition) is 1. The average Bonchev–Trinajstić information content (AvgIpc) is 2.95. The molecule has 0 saturated carbocycles. The third-order valence-corrected chi connectivity index (χ3v) is 6.13. The molecule has 6 heteroatoms. The molecule has 1 heterocycles. The van der Waals surface area contributed by atoms with Gasteiger partial charge in [-0.25, -0.2) is 0 Å². The van der Waals surface area contributed by atoms with Gasteiger partial charge in [-0.05, 0) is 47.4 Å². The third kappa shape index (κ3) is 7.66. The van der Waals surface area contributed by atoms with Gasteiger partial charge < -0.3 is 20.1 Å². The Bertz CT molecular complexity index is 1250. The van der Waals surface area contributed by atoms with Gasteiger partial charge in [-0.2, -0.15) is 0 Å². The highest BCUT2D eigenvalue weighted by Gasteiger charge is 2.22. The van der Waals surface area contributed by atoms with E-state index in [1.807, 2.05) is 102 Å². The number of benzene rings is 3. The van der Waals surface area contributed by atoms with E-state index in [-0.39, 0.29) is 5.91 Å². The van der Waals surface area contributed by atoms with E-state index in [2.05, 4.69) is 4.98 Å². The molecule has 6 nitrogen and oxygen atoms in total. The zero-order valence-corrected chi connectivity index (χ0v) is 21.1. The van der Waals surface area contributed by atoms with Crippen molar-refractivity contribution in [3.8, 4) is 11.5 Å². The molecule has 0 radical (unpaired) electrons. The van der Waals surface area contributed by atoms with Gasteiger partial charge in [-0.1, -0.05) is 72.8 Å². The van der Waals surface area contributed by atoms with Gasteiger partial charge in [-0.3, -0.25) is 9.78 Å². The van der Waals surface area contributed by atoms with E-state index < -0.39 is 6.04 Å². The SMILES string of the molecule is COc1cc(CN(CCc2ccccn2)C(=O)C(N)Cc2ccccc2)ccc1OCc1ccccc1. The molecule has 3 aromatic carbocycles. The molecule has 4 aromatic rings. The summed E-state index contributed by atoms with van der Waals surface area (Å²) in [6.45, 7) is 1.36. The van der Waals surface area contributed by atoms with Crippen LogP contribution in [-0.4, -0.2) is 35.5 Å². The minimum Gasteiger partial charge on any atom is -0.493 e. The highest BCUT2D eigenvalue weighted by Crippen LogP contribution is 2.29. The molecule has 1 amide bonds. The van der Waals surface area contributed by atoms with Crippen molar-refractivity contribution >= 4 is 5.91 Å². The molecule has 0 aliphatic heterocycles. The average molecular weight is 496 g/mol. The van der Waals surface area contributed by atoms with Crippen LogP contribution in [0.1, 0.15) is 22.4 Å². The van der Waals surface area contributed by atoms with Gasteiger partial charge in [0.1, 0.15) is 6.61 Å². The number of ether oxygens (including phenoxy) is 2. The predicted molar refractivity (Wildman–Crippen MR) is 145 cm³/mol. The van der Waals surface area contributed by atoms with Gasteiger partial charge >= 0.3 is 0 Å². The summed E-state index contributed by atoms with van der Waals surface area (Å²) in [4.78, 5) is 19.7. The lowest BCUT2D eigenvalue weighted by Gasteiger charge is -2.26. The summed E-state index contributed by atoms with van der Waals surface area (Å²) < 4.78 is 11.6. The van der Waals surface area contributed by atoms with Crippen LogP contribution in [0.15, 0.2) is 103 Å². The number of rotatable bonds is 12. The van der Waals surface area contributed by atoms with Crippen molar-refractivity contribution in [2.75, 3.05) is 13.7 Å². The summed E-state index contributed by atoms with van der Waals surface area (Å²) in [6.07, 6.45) is 2.89. The highest BCUT2D eigenvalue weighted by molar-refractivity contribution is 5.82. The second kappa shape index (κ2) is 13.2. The van der Waals surface area contributed by atoms with Crippen molar-refractivity contribution in [1.82, 2.24) is 9.88 Å². The Kier molecular flexibility index (Phi) is 9.27. The van der Waals surface area contributed by atoms with Crippen molar-refractivity contribution < 1.29 is 14.3 Å². The second-order valence-electron chi connectivity index (χ2n) is 8.89. The van der Waals surface area contributed by atoms with Crippen LogP contribution in [0.25, 0.3) is 0 Å². The number of nitrogens with two attached hydrogens (primary N) is 1. The Hall–Kier alpha value is -4.16. The summed E-state index contributed by atoms with van der Waals surface area (Å²) in [5, 5.41) is 0. The van der Waals surface area contributed by atoms with Crippen LogP contribution in [0.2, 0.25) is 0 Å². The van der Waals surface area contributed by atoms with Crippen molar-refractivity contribution in [3.05, 3.63) is 126 Å². The quantitative estimate of drug-likeness (QED) is 0.305. The first kappa shape index (κ1) is 25.9. The number of nitrogens with zero attached hydrogens (tertiary/aromatic N) is 2. The Morgan fingerprint density at radius 3 is 2.24 bits per heavy atom. The van der Waals surface area contributed by atoms with E-state index in [0.717, 1.165) is 22.4 Å². The predicted octanol–water partition coefficient (Wildman–Crippen LogP) is 4.81. The molecule has 0 spiro atoms. The van der Waals surface area contributed by atoms with Gasteiger partial charge in [0.25, 0.3) is 0 Å². The summed E-state index contributed by atoms with van der Waals surface area (Å²) in [7, 11) is 1.62. The summed E-state index contributed by atoms with van der Waals surface area (Å²) in [5.74, 6) is 1.18. The topological polar surface area (TPSA) is 77.7 Å². The maximum atomic E-state index is 13.5. The van der Waals surface area contributed by atoms with Crippen LogP contribution in [0.4, 0.5) is 0 Å². The summed E-state index contributed by atoms with van der Waals surface area (Å²) in [5.41, 5.74) is 10.4. The molecule has 0 fully saturated rings. The molecule has 0 bridgehead atoms. The van der Waals surface area contributed by atoms with Gasteiger partial charge in [-0.15, -0.1) is 0 Å². The first-order valence-corrected chi connectivity index (χ1v) is 12.4. The zero-order valence-electron chi connectivity index (χ0n) is 21.1. The monoisotopic (exact) mass is 495 g/mol. The number of pyridine rings is 1.